The van der Waals surface area contributed by atoms with E-state index in [0.717, 1.165) is 15.4 Å². The van der Waals surface area contributed by atoms with E-state index in [1.54, 1.807) is 53.9 Å². The van der Waals surface area contributed by atoms with Crippen LogP contribution in [-0.4, -0.2) is 232 Å². The predicted octanol–water partition coefficient (Wildman–Crippen LogP) is 3.72. The van der Waals surface area contributed by atoms with Gasteiger partial charge in [-0.15, -0.1) is 0 Å². The Kier molecular flexibility index (Phi) is 32.1. The number of nitrogens with zero attached hydrogens (tertiary/aromatic N) is 8. The molecule has 0 aliphatic carbocycles. The van der Waals surface area contributed by atoms with Crippen LogP contribution in [0.25, 0.3) is 0 Å². The Balaban J connectivity index is 2.97. The SMILES string of the molecule is CC[C@@H]1NC(=O)[C@@H]([C@H](O)[C@H](C)CCCc2ccncc2)N(C)C(=O)[C@H](C(C)C)N(C)C(=O)[C@H](CC(C)C)N(C)C(=O)[C@H](CC(C)C)N(C)C(=O)[C@@H](C)NC(=O)[C@H](C)NC(=O)[C@H](CC(C)C)N(C)C(=O)[C@H](C(C)C)NC(=O)[C@H](CC(C)C)N(C)C(=O)CN(C)C1=O. The second kappa shape index (κ2) is 36.4. The number of pyridine rings is 1. The van der Waals surface area contributed by atoms with Gasteiger partial charge in [0.1, 0.15) is 60.4 Å². The molecule has 11 amide bonds. The lowest BCUT2D eigenvalue weighted by atomic mass is 9.89. The van der Waals surface area contributed by atoms with Crippen LogP contribution in [0.4, 0.5) is 0 Å². The molecule has 0 bridgehead atoms. The first kappa shape index (κ1) is 79.4. The topological polar surface area (TPSA) is 292 Å². The summed E-state index contributed by atoms with van der Waals surface area (Å²) in [6.07, 6.45) is 4.11. The molecular formula is C66H114N12O12. The lowest BCUT2D eigenvalue weighted by Gasteiger charge is -2.41. The molecule has 1 saturated heterocycles. The molecule has 12 atom stereocenters. The van der Waals surface area contributed by atoms with Gasteiger partial charge in [-0.2, -0.15) is 0 Å². The third kappa shape index (κ3) is 22.3. The first-order chi connectivity index (χ1) is 41.7. The molecule has 1 fully saturated rings. The van der Waals surface area contributed by atoms with E-state index in [0.29, 0.717) is 19.3 Å². The first-order valence-electron chi connectivity index (χ1n) is 32.4. The summed E-state index contributed by atoms with van der Waals surface area (Å²) in [6.45, 7) is 27.6. The van der Waals surface area contributed by atoms with Crippen molar-refractivity contribution in [2.75, 3.05) is 55.9 Å². The van der Waals surface area contributed by atoms with Gasteiger partial charge in [0, 0.05) is 61.7 Å². The smallest absolute Gasteiger partial charge is 0.246 e. The maximum Gasteiger partial charge on any atom is 0.246 e. The highest BCUT2D eigenvalue weighted by molar-refractivity contribution is 5.99. The number of rotatable bonds is 17. The zero-order valence-corrected chi connectivity index (χ0v) is 58.6. The van der Waals surface area contributed by atoms with E-state index in [2.05, 4.69) is 26.3 Å². The van der Waals surface area contributed by atoms with Crippen molar-refractivity contribution < 1.29 is 57.8 Å². The predicted molar refractivity (Wildman–Crippen MR) is 346 cm³/mol. The summed E-state index contributed by atoms with van der Waals surface area (Å²) in [7, 11) is 9.95. The Bertz CT molecular complexity index is 2580. The molecule has 0 aromatic carbocycles. The second-order valence-electron chi connectivity index (χ2n) is 27.5. The standard InChI is InChI=1S/C66H114N12O12/c1-24-47-62(86)72(17)36-52(79)73(18)48(32-37(2)3)59(83)71-53(41(10)11)65(89)74(19)49(33-38(4)5)58(82)68-44(15)57(81)69-45(16)61(85)75(20)50(34-39(6)7)63(87)76(21)51(35-40(8)9)64(88)77(22)54(42(12)13)66(90)78(23)55(60(84)70-47)56(80)43(14)26-25-27-46-28-30-67-31-29-46/h28-31,37-45,47-51,53-56,80H,24-27,32-36H2,1-23H3,(H,68,82)(H,69,81)(H,70,84)(H,71,83)/t43-,44+,45-,47+,48+,49+,50+,51+,53+,54+,55-,56-/m1/s1. The van der Waals surface area contributed by atoms with E-state index < -0.39 is 156 Å². The lowest BCUT2D eigenvalue weighted by Crippen LogP contribution is -2.63. The highest BCUT2D eigenvalue weighted by Crippen LogP contribution is 2.26. The van der Waals surface area contributed by atoms with Crippen LogP contribution in [0.15, 0.2) is 24.5 Å². The number of carbonyl (C=O) groups is 11. The molecule has 0 unspecified atom stereocenters. The van der Waals surface area contributed by atoms with Crippen molar-refractivity contribution in [3.63, 3.8) is 0 Å². The van der Waals surface area contributed by atoms with E-state index in [9.17, 15) is 38.7 Å². The zero-order chi connectivity index (χ0) is 69.1. The van der Waals surface area contributed by atoms with Gasteiger partial charge in [-0.1, -0.05) is 96.9 Å². The summed E-state index contributed by atoms with van der Waals surface area (Å²) in [5, 5.41) is 23.4. The lowest BCUT2D eigenvalue weighted by molar-refractivity contribution is -0.157. The van der Waals surface area contributed by atoms with Crippen molar-refractivity contribution in [3.8, 4) is 0 Å². The molecular weight excluding hydrogens is 1150 g/mol. The van der Waals surface area contributed by atoms with Gasteiger partial charge in [0.2, 0.25) is 65.0 Å². The molecule has 1 aliphatic heterocycles. The van der Waals surface area contributed by atoms with Gasteiger partial charge >= 0.3 is 0 Å². The van der Waals surface area contributed by atoms with Crippen molar-refractivity contribution in [1.29, 1.82) is 0 Å². The number of hydrogen-bond acceptors (Lipinski definition) is 13. The van der Waals surface area contributed by atoms with Crippen LogP contribution in [0.1, 0.15) is 161 Å². The van der Waals surface area contributed by atoms with Crippen molar-refractivity contribution in [2.45, 2.75) is 229 Å². The number of amides is 11. The van der Waals surface area contributed by atoms with Crippen LogP contribution < -0.4 is 21.3 Å². The summed E-state index contributed by atoms with van der Waals surface area (Å²) in [6, 6.07) is -8.65. The van der Waals surface area contributed by atoms with E-state index in [4.69, 9.17) is 0 Å². The van der Waals surface area contributed by atoms with Gasteiger partial charge in [0.25, 0.3) is 0 Å². The fourth-order valence-electron chi connectivity index (χ4n) is 11.5. The van der Waals surface area contributed by atoms with Crippen molar-refractivity contribution in [2.24, 2.45) is 41.4 Å². The molecule has 0 spiro atoms. The van der Waals surface area contributed by atoms with Crippen LogP contribution >= 0.6 is 0 Å². The Morgan fingerprint density at radius 3 is 1.39 bits per heavy atom. The molecule has 1 aromatic rings. The van der Waals surface area contributed by atoms with Crippen LogP contribution in [0.3, 0.4) is 0 Å². The fraction of sp³-hybridized carbons (Fsp3) is 0.758. The summed E-state index contributed by atoms with van der Waals surface area (Å²) < 4.78 is 0. The van der Waals surface area contributed by atoms with Gasteiger partial charge < -0.3 is 60.7 Å². The quantitative estimate of drug-likeness (QED) is 0.149. The fourth-order valence-corrected chi connectivity index (χ4v) is 11.5. The van der Waals surface area contributed by atoms with Crippen LogP contribution in [-0.2, 0) is 59.2 Å². The third-order valence-electron chi connectivity index (χ3n) is 17.2. The molecule has 0 radical (unpaired) electrons. The Morgan fingerprint density at radius 2 is 0.911 bits per heavy atom. The van der Waals surface area contributed by atoms with Crippen LogP contribution in [0.5, 0.6) is 0 Å². The largest absolute Gasteiger partial charge is 0.390 e. The minimum absolute atomic E-state index is 0.0163. The number of carbonyl (C=O) groups excluding carboxylic acids is 11. The number of aliphatic hydroxyl groups is 1. The van der Waals surface area contributed by atoms with Gasteiger partial charge in [0.15, 0.2) is 0 Å². The highest BCUT2D eigenvalue weighted by Gasteiger charge is 2.46. The first-order valence-corrected chi connectivity index (χ1v) is 32.4. The summed E-state index contributed by atoms with van der Waals surface area (Å²) in [5.41, 5.74) is 1.01. The summed E-state index contributed by atoms with van der Waals surface area (Å²) in [5.74, 6) is -9.75. The average Bonchev–Trinajstić information content (AvgIpc) is 0.874. The number of aliphatic hydroxyl groups excluding tert-OH is 1. The van der Waals surface area contributed by atoms with Gasteiger partial charge in [-0.3, -0.25) is 57.7 Å². The number of likely N-dealkylation sites (N-methyl/N-ethyl adjacent to an activating group) is 7. The number of aryl methyl sites for hydroxylation is 1. The Labute approximate surface area is 537 Å². The molecule has 2 rings (SSSR count). The number of aromatic nitrogens is 1. The molecule has 0 saturated carbocycles. The van der Waals surface area contributed by atoms with E-state index in [1.807, 2.05) is 67.5 Å². The highest BCUT2D eigenvalue weighted by atomic mass is 16.3. The van der Waals surface area contributed by atoms with Gasteiger partial charge in [-0.05, 0) is 124 Å². The minimum atomic E-state index is -1.62. The third-order valence-corrected chi connectivity index (χ3v) is 17.2. The van der Waals surface area contributed by atoms with Crippen LogP contribution in [0.2, 0.25) is 0 Å². The number of nitrogens with one attached hydrogen (secondary N) is 4. The molecule has 24 nitrogen and oxygen atoms in total. The van der Waals surface area contributed by atoms with Gasteiger partial charge in [-0.25, -0.2) is 0 Å². The molecule has 1 aromatic heterocycles. The average molecular weight is 1270 g/mol. The monoisotopic (exact) mass is 1270 g/mol. The normalized spacial score (nSPS) is 25.9. The van der Waals surface area contributed by atoms with Crippen molar-refractivity contribution in [1.82, 2.24) is 60.6 Å². The number of hydrogen-bond donors (Lipinski definition) is 5. The molecule has 5 N–H and O–H groups in total. The van der Waals surface area contributed by atoms with Crippen LogP contribution in [0, 0.1) is 41.4 Å². The zero-order valence-electron chi connectivity index (χ0n) is 58.6. The Hall–Kier alpha value is -6.72. The van der Waals surface area contributed by atoms with Crippen molar-refractivity contribution >= 4 is 65.0 Å². The van der Waals surface area contributed by atoms with Gasteiger partial charge in [0.05, 0.1) is 12.6 Å². The molecule has 1 aliphatic rings. The summed E-state index contributed by atoms with van der Waals surface area (Å²) in [4.78, 5) is 174. The molecule has 510 valence electrons. The Morgan fingerprint density at radius 1 is 0.478 bits per heavy atom. The summed E-state index contributed by atoms with van der Waals surface area (Å²) >= 11 is 0. The molecule has 90 heavy (non-hydrogen) atoms. The second-order valence-corrected chi connectivity index (χ2v) is 27.5. The maximum atomic E-state index is 15.3. The van der Waals surface area contributed by atoms with E-state index in [-0.39, 0.29) is 55.8 Å². The van der Waals surface area contributed by atoms with E-state index in [1.165, 1.54) is 87.7 Å². The van der Waals surface area contributed by atoms with Crippen molar-refractivity contribution in [3.05, 3.63) is 30.1 Å². The maximum absolute atomic E-state index is 15.3. The molecule has 24 heteroatoms. The molecule has 2 heterocycles. The van der Waals surface area contributed by atoms with E-state index >= 15 is 19.2 Å². The minimum Gasteiger partial charge on any atom is -0.390 e.